The van der Waals surface area contributed by atoms with E-state index in [4.69, 9.17) is 0 Å². The van der Waals surface area contributed by atoms with Crippen LogP contribution in [0.5, 0.6) is 0 Å². The lowest BCUT2D eigenvalue weighted by atomic mass is 10.1. The van der Waals surface area contributed by atoms with Crippen LogP contribution in [0.2, 0.25) is 0 Å². The average molecular weight is 435 g/mol. The number of piperazine rings is 1. The molecule has 0 saturated carbocycles. The molecule has 1 N–H and O–H groups in total. The summed E-state index contributed by atoms with van der Waals surface area (Å²) in [6.07, 6.45) is 3.20. The van der Waals surface area contributed by atoms with Crippen LogP contribution in [0.3, 0.4) is 0 Å². The van der Waals surface area contributed by atoms with E-state index in [2.05, 4.69) is 10.3 Å². The Balaban J connectivity index is 1.29. The molecule has 2 aromatic heterocycles. The van der Waals surface area contributed by atoms with Gasteiger partial charge in [0.25, 0.3) is 17.7 Å². The maximum absolute atomic E-state index is 12.8. The van der Waals surface area contributed by atoms with Crippen molar-refractivity contribution in [1.29, 1.82) is 0 Å². The summed E-state index contributed by atoms with van der Waals surface area (Å²) in [7, 11) is 0. The number of benzene rings is 1. The average Bonchev–Trinajstić information content (AvgIpc) is 3.38. The molecule has 158 valence electrons. The molecular formula is C23H22N4O3S. The second-order valence-electron chi connectivity index (χ2n) is 7.18. The monoisotopic (exact) mass is 434 g/mol. The lowest BCUT2D eigenvalue weighted by molar-refractivity contribution is 0.0535. The molecule has 3 heterocycles. The molecule has 0 unspecified atom stereocenters. The molecule has 3 amide bonds. The first-order valence-electron chi connectivity index (χ1n) is 10.0. The van der Waals surface area contributed by atoms with Crippen LogP contribution in [0.25, 0.3) is 0 Å². The number of amides is 3. The Morgan fingerprint density at radius 3 is 2.13 bits per heavy atom. The molecule has 0 radical (unpaired) electrons. The lowest BCUT2D eigenvalue weighted by Crippen LogP contribution is -2.50. The molecule has 0 spiro atoms. The Morgan fingerprint density at radius 1 is 0.871 bits per heavy atom. The van der Waals surface area contributed by atoms with Gasteiger partial charge in [0.1, 0.15) is 0 Å². The number of hydrogen-bond acceptors (Lipinski definition) is 5. The molecule has 8 heteroatoms. The van der Waals surface area contributed by atoms with Gasteiger partial charge in [-0.3, -0.25) is 19.4 Å². The minimum Gasteiger partial charge on any atom is -0.347 e. The SMILES string of the molecule is O=C(NCc1ccc(C(=O)N2CCN(C(=O)c3cccnc3)CC2)cc1)c1cccs1. The Kier molecular flexibility index (Phi) is 6.37. The summed E-state index contributed by atoms with van der Waals surface area (Å²) in [6, 6.07) is 14.4. The minimum atomic E-state index is -0.103. The van der Waals surface area contributed by atoms with Crippen molar-refractivity contribution in [3.8, 4) is 0 Å². The zero-order valence-corrected chi connectivity index (χ0v) is 17.7. The van der Waals surface area contributed by atoms with Gasteiger partial charge >= 0.3 is 0 Å². The van der Waals surface area contributed by atoms with E-state index in [9.17, 15) is 14.4 Å². The molecule has 7 nitrogen and oxygen atoms in total. The number of carbonyl (C=O) groups is 3. The van der Waals surface area contributed by atoms with Crippen LogP contribution in [-0.2, 0) is 6.54 Å². The van der Waals surface area contributed by atoms with E-state index >= 15 is 0 Å². The molecule has 31 heavy (non-hydrogen) atoms. The summed E-state index contributed by atoms with van der Waals surface area (Å²) < 4.78 is 0. The van der Waals surface area contributed by atoms with Crippen LogP contribution in [0, 0.1) is 0 Å². The lowest BCUT2D eigenvalue weighted by Gasteiger charge is -2.34. The van der Waals surface area contributed by atoms with Crippen molar-refractivity contribution in [2.24, 2.45) is 0 Å². The smallest absolute Gasteiger partial charge is 0.261 e. The van der Waals surface area contributed by atoms with E-state index in [0.717, 1.165) is 5.56 Å². The van der Waals surface area contributed by atoms with Crippen molar-refractivity contribution in [3.05, 3.63) is 87.9 Å². The fourth-order valence-corrected chi connectivity index (χ4v) is 4.05. The molecule has 3 aromatic rings. The van der Waals surface area contributed by atoms with Gasteiger partial charge in [-0.1, -0.05) is 18.2 Å². The first kappa shape index (κ1) is 20.7. The van der Waals surface area contributed by atoms with Crippen molar-refractivity contribution in [2.45, 2.75) is 6.54 Å². The first-order valence-corrected chi connectivity index (χ1v) is 10.9. The third kappa shape index (κ3) is 4.97. The Hall–Kier alpha value is -3.52. The number of carbonyl (C=O) groups excluding carboxylic acids is 3. The third-order valence-electron chi connectivity index (χ3n) is 5.16. The molecule has 0 aliphatic carbocycles. The Morgan fingerprint density at radius 2 is 1.55 bits per heavy atom. The van der Waals surface area contributed by atoms with E-state index in [1.54, 1.807) is 52.5 Å². The number of nitrogens with zero attached hydrogens (tertiary/aromatic N) is 3. The maximum Gasteiger partial charge on any atom is 0.261 e. The van der Waals surface area contributed by atoms with Crippen molar-refractivity contribution in [3.63, 3.8) is 0 Å². The number of nitrogens with one attached hydrogen (secondary N) is 1. The van der Waals surface area contributed by atoms with Crippen LogP contribution >= 0.6 is 11.3 Å². The van der Waals surface area contributed by atoms with E-state index in [1.165, 1.54) is 11.3 Å². The second kappa shape index (κ2) is 9.53. The zero-order chi connectivity index (χ0) is 21.6. The van der Waals surface area contributed by atoms with Crippen LogP contribution in [0.1, 0.15) is 36.0 Å². The van der Waals surface area contributed by atoms with Crippen LogP contribution in [-0.4, -0.2) is 58.7 Å². The number of aromatic nitrogens is 1. The molecule has 0 atom stereocenters. The highest BCUT2D eigenvalue weighted by Crippen LogP contribution is 2.13. The van der Waals surface area contributed by atoms with E-state index < -0.39 is 0 Å². The van der Waals surface area contributed by atoms with Gasteiger partial charge in [0.05, 0.1) is 10.4 Å². The Labute approximate surface area is 184 Å². The fourth-order valence-electron chi connectivity index (χ4n) is 3.41. The quantitative estimate of drug-likeness (QED) is 0.669. The van der Waals surface area contributed by atoms with Crippen molar-refractivity contribution < 1.29 is 14.4 Å². The molecule has 1 fully saturated rings. The third-order valence-corrected chi connectivity index (χ3v) is 6.03. The van der Waals surface area contributed by atoms with Gasteiger partial charge in [-0.05, 0) is 41.3 Å². The summed E-state index contributed by atoms with van der Waals surface area (Å²) in [5, 5.41) is 4.74. The first-order chi connectivity index (χ1) is 15.1. The molecular weight excluding hydrogens is 412 g/mol. The summed E-state index contributed by atoms with van der Waals surface area (Å²) in [4.78, 5) is 45.6. The summed E-state index contributed by atoms with van der Waals surface area (Å²) in [5.74, 6) is -0.217. The van der Waals surface area contributed by atoms with Crippen molar-refractivity contribution in [2.75, 3.05) is 26.2 Å². The zero-order valence-electron chi connectivity index (χ0n) is 16.9. The Bertz CT molecular complexity index is 1040. The predicted molar refractivity (Wildman–Crippen MR) is 118 cm³/mol. The van der Waals surface area contributed by atoms with Gasteiger partial charge in [-0.25, -0.2) is 0 Å². The summed E-state index contributed by atoms with van der Waals surface area (Å²) in [5.41, 5.74) is 2.08. The van der Waals surface area contributed by atoms with Crippen LogP contribution in [0.15, 0.2) is 66.3 Å². The van der Waals surface area contributed by atoms with Gasteiger partial charge in [-0.15, -0.1) is 11.3 Å². The number of rotatable bonds is 5. The minimum absolute atomic E-state index is 0.0531. The van der Waals surface area contributed by atoms with Gasteiger partial charge in [0.15, 0.2) is 0 Å². The summed E-state index contributed by atoms with van der Waals surface area (Å²) in [6.45, 7) is 2.37. The van der Waals surface area contributed by atoms with Gasteiger partial charge in [0, 0.05) is 50.7 Å². The topological polar surface area (TPSA) is 82.6 Å². The molecule has 0 bridgehead atoms. The standard InChI is InChI=1S/C23H22N4O3S/c28-21(20-4-2-14-31-20)25-15-17-5-7-18(8-6-17)22(29)26-10-12-27(13-11-26)23(30)19-3-1-9-24-16-19/h1-9,14,16H,10-13,15H2,(H,25,28). The molecule has 1 aliphatic rings. The highest BCUT2D eigenvalue weighted by atomic mass is 32.1. The predicted octanol–water partition coefficient (Wildman–Crippen LogP) is 2.67. The number of thiophene rings is 1. The second-order valence-corrected chi connectivity index (χ2v) is 8.13. The van der Waals surface area contributed by atoms with E-state index in [1.807, 2.05) is 23.6 Å². The molecule has 4 rings (SSSR count). The maximum atomic E-state index is 12.8. The van der Waals surface area contributed by atoms with Gasteiger partial charge in [0.2, 0.25) is 0 Å². The van der Waals surface area contributed by atoms with E-state index in [0.29, 0.717) is 48.7 Å². The van der Waals surface area contributed by atoms with Crippen LogP contribution in [0.4, 0.5) is 0 Å². The van der Waals surface area contributed by atoms with E-state index in [-0.39, 0.29) is 17.7 Å². The number of hydrogen-bond donors (Lipinski definition) is 1. The van der Waals surface area contributed by atoms with Gasteiger partial charge in [-0.2, -0.15) is 0 Å². The summed E-state index contributed by atoms with van der Waals surface area (Å²) >= 11 is 1.40. The molecule has 1 aromatic carbocycles. The van der Waals surface area contributed by atoms with Crippen LogP contribution < -0.4 is 5.32 Å². The number of pyridine rings is 1. The highest BCUT2D eigenvalue weighted by Gasteiger charge is 2.25. The van der Waals surface area contributed by atoms with Gasteiger partial charge < -0.3 is 15.1 Å². The van der Waals surface area contributed by atoms with Crippen molar-refractivity contribution >= 4 is 29.1 Å². The fraction of sp³-hybridized carbons (Fsp3) is 0.217. The largest absolute Gasteiger partial charge is 0.347 e. The highest BCUT2D eigenvalue weighted by molar-refractivity contribution is 7.12. The molecule has 1 saturated heterocycles. The molecule has 1 aliphatic heterocycles. The van der Waals surface area contributed by atoms with Crippen molar-refractivity contribution in [1.82, 2.24) is 20.1 Å². The normalized spacial score (nSPS) is 13.7.